The molecule has 2 aromatic heterocycles. The minimum absolute atomic E-state index is 0. The molecule has 32 heavy (non-hydrogen) atoms. The van der Waals surface area contributed by atoms with Crippen LogP contribution in [-0.2, 0) is 11.3 Å². The van der Waals surface area contributed by atoms with Crippen LogP contribution in [0, 0.1) is 0 Å². The van der Waals surface area contributed by atoms with Crippen molar-refractivity contribution in [2.75, 3.05) is 45.8 Å². The van der Waals surface area contributed by atoms with E-state index in [1.807, 2.05) is 24.0 Å². The highest BCUT2D eigenvalue weighted by Gasteiger charge is 2.30. The molecule has 1 atom stereocenters. The number of nitrogens with one attached hydrogen (secondary N) is 2. The van der Waals surface area contributed by atoms with Gasteiger partial charge in [0, 0.05) is 45.8 Å². The number of rotatable bonds is 6. The fraction of sp³-hybridized carbons (Fsp3) is 0.619. The van der Waals surface area contributed by atoms with Gasteiger partial charge >= 0.3 is 0 Å². The van der Waals surface area contributed by atoms with Crippen molar-refractivity contribution in [2.45, 2.75) is 39.3 Å². The van der Waals surface area contributed by atoms with Crippen molar-refractivity contribution in [3.8, 4) is 11.6 Å². The minimum atomic E-state index is -0.0611. The summed E-state index contributed by atoms with van der Waals surface area (Å²) in [5.74, 6) is 2.98. The summed E-state index contributed by atoms with van der Waals surface area (Å²) in [7, 11) is 0. The zero-order chi connectivity index (χ0) is 21.6. The van der Waals surface area contributed by atoms with Gasteiger partial charge in [0.05, 0.1) is 12.3 Å². The maximum Gasteiger partial charge on any atom is 0.239 e. The van der Waals surface area contributed by atoms with Crippen molar-refractivity contribution in [3.63, 3.8) is 0 Å². The molecule has 0 saturated carbocycles. The molecule has 2 saturated heterocycles. The molecule has 2 aliphatic heterocycles. The number of aliphatic imine (C=N–C) groups is 1. The van der Waals surface area contributed by atoms with Crippen molar-refractivity contribution in [1.29, 1.82) is 0 Å². The molecule has 176 valence electrons. The number of carbonyl (C=O) groups is 1. The fourth-order valence-electron chi connectivity index (χ4n) is 4.14. The van der Waals surface area contributed by atoms with E-state index in [-0.39, 0.29) is 35.9 Å². The van der Waals surface area contributed by atoms with Crippen LogP contribution in [0.25, 0.3) is 11.6 Å². The number of guanidine groups is 1. The lowest BCUT2D eigenvalue weighted by atomic mass is 10.2. The third-order valence-electron chi connectivity index (χ3n) is 5.92. The van der Waals surface area contributed by atoms with Crippen LogP contribution in [0.4, 0.5) is 0 Å². The zero-order valence-electron chi connectivity index (χ0n) is 18.8. The van der Waals surface area contributed by atoms with Gasteiger partial charge in [-0.25, -0.2) is 9.98 Å². The summed E-state index contributed by atoms with van der Waals surface area (Å²) in [6.07, 6.45) is 3.86. The number of carbonyl (C=O) groups excluding carboxylic acids is 1. The Labute approximate surface area is 205 Å². The summed E-state index contributed by atoms with van der Waals surface area (Å²) < 4.78 is 5.34. The Morgan fingerprint density at radius 2 is 1.97 bits per heavy atom. The Kier molecular flexibility index (Phi) is 8.91. The molecule has 0 bridgehead atoms. The van der Waals surface area contributed by atoms with Crippen LogP contribution in [0.3, 0.4) is 0 Å². The first kappa shape index (κ1) is 24.5. The second-order valence-electron chi connectivity index (χ2n) is 7.98. The lowest BCUT2D eigenvalue weighted by molar-refractivity contribution is -0.135. The molecule has 2 N–H and O–H groups in total. The van der Waals surface area contributed by atoms with Crippen LogP contribution in [0.2, 0.25) is 0 Å². The number of hydrogen-bond donors (Lipinski definition) is 2. The highest BCUT2D eigenvalue weighted by atomic mass is 127. The van der Waals surface area contributed by atoms with E-state index in [1.165, 1.54) is 0 Å². The third-order valence-corrected chi connectivity index (χ3v) is 5.92. The number of aromatic nitrogens is 3. The van der Waals surface area contributed by atoms with Crippen LogP contribution >= 0.6 is 24.0 Å². The minimum Gasteiger partial charge on any atom is -0.461 e. The van der Waals surface area contributed by atoms with Gasteiger partial charge < -0.3 is 19.5 Å². The topological polar surface area (TPSA) is 106 Å². The molecule has 0 aliphatic carbocycles. The standard InChI is InChI=1S/C21H32N8O2.HI/c1-3-22-21(23-15-18-24-19(26-25-18)17-7-6-14-31-17)29-12-10-27(11-13-29)16(2)20(30)28-8-4-5-9-28;/h6-7,14,16H,3-5,8-13,15H2,1-2H3,(H,22,23)(H,24,25,26);1H. The summed E-state index contributed by atoms with van der Waals surface area (Å²) in [5.41, 5.74) is 0. The molecule has 0 radical (unpaired) electrons. The van der Waals surface area contributed by atoms with E-state index in [2.05, 4.69) is 37.2 Å². The van der Waals surface area contributed by atoms with Crippen LogP contribution in [-0.4, -0.2) is 93.6 Å². The van der Waals surface area contributed by atoms with E-state index < -0.39 is 0 Å². The molecule has 0 aromatic carbocycles. The summed E-state index contributed by atoms with van der Waals surface area (Å²) in [4.78, 5) is 28.5. The van der Waals surface area contributed by atoms with Crippen molar-refractivity contribution >= 4 is 35.8 Å². The summed E-state index contributed by atoms with van der Waals surface area (Å²) in [6.45, 7) is 10.5. The number of piperazine rings is 1. The second kappa shape index (κ2) is 11.6. The second-order valence-corrected chi connectivity index (χ2v) is 7.98. The van der Waals surface area contributed by atoms with Gasteiger partial charge in [-0.05, 0) is 38.8 Å². The molecule has 2 aliphatic rings. The predicted molar refractivity (Wildman–Crippen MR) is 133 cm³/mol. The lowest BCUT2D eigenvalue weighted by Gasteiger charge is -2.39. The highest BCUT2D eigenvalue weighted by molar-refractivity contribution is 14.0. The number of aromatic amines is 1. The number of nitrogens with zero attached hydrogens (tertiary/aromatic N) is 6. The van der Waals surface area contributed by atoms with Crippen LogP contribution in [0.15, 0.2) is 27.8 Å². The van der Waals surface area contributed by atoms with Gasteiger partial charge in [0.15, 0.2) is 11.7 Å². The number of amides is 1. The Bertz CT molecular complexity index is 870. The molecular weight excluding hydrogens is 523 g/mol. The van der Waals surface area contributed by atoms with E-state index in [1.54, 1.807) is 6.26 Å². The largest absolute Gasteiger partial charge is 0.461 e. The van der Waals surface area contributed by atoms with Gasteiger partial charge in [-0.2, -0.15) is 0 Å². The lowest BCUT2D eigenvalue weighted by Crippen LogP contribution is -2.57. The number of hydrogen-bond acceptors (Lipinski definition) is 6. The van der Waals surface area contributed by atoms with Crippen LogP contribution in [0.5, 0.6) is 0 Å². The molecule has 1 amide bonds. The molecule has 4 heterocycles. The van der Waals surface area contributed by atoms with Gasteiger partial charge in [-0.1, -0.05) is 0 Å². The Hall–Kier alpha value is -2.15. The molecule has 0 spiro atoms. The molecule has 2 fully saturated rings. The first-order valence-electron chi connectivity index (χ1n) is 11.2. The van der Waals surface area contributed by atoms with Gasteiger partial charge in [0.1, 0.15) is 12.4 Å². The smallest absolute Gasteiger partial charge is 0.239 e. The summed E-state index contributed by atoms with van der Waals surface area (Å²) in [6, 6.07) is 3.58. The normalized spacial score (nSPS) is 18.5. The molecule has 11 heteroatoms. The molecular formula is C21H33IN8O2. The Morgan fingerprint density at radius 1 is 1.22 bits per heavy atom. The average Bonchev–Trinajstić information content (AvgIpc) is 3.57. The zero-order valence-corrected chi connectivity index (χ0v) is 21.1. The van der Waals surface area contributed by atoms with Gasteiger partial charge in [0.2, 0.25) is 11.7 Å². The SMILES string of the molecule is CCNC(=NCc1nc(-c2ccco2)n[nH]1)N1CCN(C(C)C(=O)N2CCCC2)CC1.I. The molecule has 1 unspecified atom stereocenters. The van der Waals surface area contributed by atoms with Crippen molar-refractivity contribution in [1.82, 2.24) is 35.2 Å². The first-order chi connectivity index (χ1) is 15.2. The van der Waals surface area contributed by atoms with E-state index in [9.17, 15) is 4.79 Å². The van der Waals surface area contributed by atoms with Crippen molar-refractivity contribution in [2.24, 2.45) is 4.99 Å². The van der Waals surface area contributed by atoms with Gasteiger partial charge in [-0.3, -0.25) is 14.8 Å². The van der Waals surface area contributed by atoms with Gasteiger partial charge in [0.25, 0.3) is 0 Å². The molecule has 10 nitrogen and oxygen atoms in total. The average molecular weight is 556 g/mol. The van der Waals surface area contributed by atoms with E-state index in [4.69, 9.17) is 9.41 Å². The molecule has 2 aromatic rings. The quantitative estimate of drug-likeness (QED) is 0.318. The Balaban J connectivity index is 0.00000289. The highest BCUT2D eigenvalue weighted by Crippen LogP contribution is 2.16. The predicted octanol–water partition coefficient (Wildman–Crippen LogP) is 1.78. The van der Waals surface area contributed by atoms with Crippen molar-refractivity contribution in [3.05, 3.63) is 24.2 Å². The Morgan fingerprint density at radius 3 is 2.62 bits per heavy atom. The van der Waals surface area contributed by atoms with E-state index >= 15 is 0 Å². The fourth-order valence-corrected chi connectivity index (χ4v) is 4.14. The number of furan rings is 1. The number of H-pyrrole nitrogens is 1. The first-order valence-corrected chi connectivity index (χ1v) is 11.2. The van der Waals surface area contributed by atoms with Gasteiger partial charge in [-0.15, -0.1) is 29.1 Å². The summed E-state index contributed by atoms with van der Waals surface area (Å²) >= 11 is 0. The maximum atomic E-state index is 12.7. The molecule has 4 rings (SSSR count). The number of likely N-dealkylation sites (tertiary alicyclic amines) is 1. The van der Waals surface area contributed by atoms with E-state index in [0.29, 0.717) is 24.0 Å². The summed E-state index contributed by atoms with van der Waals surface area (Å²) in [5, 5.41) is 10.5. The van der Waals surface area contributed by atoms with Crippen LogP contribution in [0.1, 0.15) is 32.5 Å². The third kappa shape index (κ3) is 5.80. The van der Waals surface area contributed by atoms with Crippen molar-refractivity contribution < 1.29 is 9.21 Å². The van der Waals surface area contributed by atoms with E-state index in [0.717, 1.165) is 64.6 Å². The maximum absolute atomic E-state index is 12.7. The monoisotopic (exact) mass is 556 g/mol. The number of halogens is 1. The van der Waals surface area contributed by atoms with Crippen LogP contribution < -0.4 is 5.32 Å².